The van der Waals surface area contributed by atoms with Gasteiger partial charge in [0, 0.05) is 5.69 Å². The summed E-state index contributed by atoms with van der Waals surface area (Å²) in [5, 5.41) is 0. The molecule has 0 aromatic heterocycles. The normalized spacial score (nSPS) is 13.1. The fourth-order valence-corrected chi connectivity index (χ4v) is 3.58. The van der Waals surface area contributed by atoms with Crippen LogP contribution in [-0.4, -0.2) is 7.11 Å². The van der Waals surface area contributed by atoms with Crippen LogP contribution in [0, 0.1) is 6.92 Å². The first-order valence-corrected chi connectivity index (χ1v) is 9.14. The van der Waals surface area contributed by atoms with Gasteiger partial charge in [0.2, 0.25) is 0 Å². The van der Waals surface area contributed by atoms with Crippen LogP contribution in [0.25, 0.3) is 0 Å². The SMILES string of the molecule is COc1ccc(N(C(C)c2ccccc2)C(C)c2ccccc2)c(C)c1. The Morgan fingerprint density at radius 3 is 1.65 bits per heavy atom. The molecule has 0 saturated carbocycles. The number of hydrogen-bond acceptors (Lipinski definition) is 2. The molecule has 0 aliphatic rings. The number of methoxy groups -OCH3 is 1. The Labute approximate surface area is 157 Å². The predicted molar refractivity (Wildman–Crippen MR) is 110 cm³/mol. The third-order valence-electron chi connectivity index (χ3n) is 5.08. The standard InChI is InChI=1S/C24H27NO/c1-18-17-23(26-4)15-16-24(18)25(19(2)21-11-7-5-8-12-21)20(3)22-13-9-6-10-14-22/h5-17,19-20H,1-4H3. The van der Waals surface area contributed by atoms with E-state index in [1.54, 1.807) is 7.11 Å². The van der Waals surface area contributed by atoms with Crippen molar-refractivity contribution in [3.05, 3.63) is 95.6 Å². The minimum atomic E-state index is 0.249. The van der Waals surface area contributed by atoms with E-state index < -0.39 is 0 Å². The van der Waals surface area contributed by atoms with E-state index in [1.165, 1.54) is 22.4 Å². The molecule has 2 nitrogen and oxygen atoms in total. The number of anilines is 1. The molecule has 2 heteroatoms. The first-order valence-electron chi connectivity index (χ1n) is 9.14. The second kappa shape index (κ2) is 8.09. The lowest BCUT2D eigenvalue weighted by atomic mass is 9.98. The summed E-state index contributed by atoms with van der Waals surface area (Å²) >= 11 is 0. The van der Waals surface area contributed by atoms with Gasteiger partial charge in [-0.25, -0.2) is 0 Å². The summed E-state index contributed by atoms with van der Waals surface area (Å²) in [6.07, 6.45) is 0. The van der Waals surface area contributed by atoms with E-state index >= 15 is 0 Å². The minimum Gasteiger partial charge on any atom is -0.497 e. The molecule has 3 rings (SSSR count). The number of rotatable bonds is 6. The van der Waals surface area contributed by atoms with Crippen molar-refractivity contribution in [1.82, 2.24) is 0 Å². The van der Waals surface area contributed by atoms with Crippen molar-refractivity contribution in [2.45, 2.75) is 32.9 Å². The van der Waals surface area contributed by atoms with Gasteiger partial charge in [-0.05, 0) is 55.7 Å². The van der Waals surface area contributed by atoms with Crippen molar-refractivity contribution >= 4 is 5.69 Å². The molecular formula is C24H27NO. The molecule has 0 saturated heterocycles. The van der Waals surface area contributed by atoms with Crippen LogP contribution in [0.4, 0.5) is 5.69 Å². The predicted octanol–water partition coefficient (Wildman–Crippen LogP) is 6.33. The van der Waals surface area contributed by atoms with Gasteiger partial charge < -0.3 is 9.64 Å². The summed E-state index contributed by atoms with van der Waals surface area (Å²) in [6, 6.07) is 28.2. The maximum absolute atomic E-state index is 5.40. The number of hydrogen-bond donors (Lipinski definition) is 0. The van der Waals surface area contributed by atoms with Gasteiger partial charge in [0.05, 0.1) is 19.2 Å². The van der Waals surface area contributed by atoms with E-state index in [4.69, 9.17) is 4.74 Å². The lowest BCUT2D eigenvalue weighted by Gasteiger charge is -2.38. The molecule has 0 aliphatic heterocycles. The van der Waals surface area contributed by atoms with Gasteiger partial charge in [0.25, 0.3) is 0 Å². The van der Waals surface area contributed by atoms with Gasteiger partial charge in [-0.15, -0.1) is 0 Å². The zero-order valence-corrected chi connectivity index (χ0v) is 16.0. The summed E-state index contributed by atoms with van der Waals surface area (Å²) in [5.41, 5.74) is 5.07. The first kappa shape index (κ1) is 18.1. The Morgan fingerprint density at radius 1 is 0.731 bits per heavy atom. The third kappa shape index (κ3) is 3.75. The molecule has 0 bridgehead atoms. The van der Waals surface area contributed by atoms with E-state index in [1.807, 2.05) is 6.07 Å². The number of aryl methyl sites for hydroxylation is 1. The van der Waals surface area contributed by atoms with E-state index in [-0.39, 0.29) is 12.1 Å². The lowest BCUT2D eigenvalue weighted by molar-refractivity contribution is 0.414. The lowest BCUT2D eigenvalue weighted by Crippen LogP contribution is -2.30. The molecule has 0 spiro atoms. The highest BCUT2D eigenvalue weighted by atomic mass is 16.5. The topological polar surface area (TPSA) is 12.5 Å². The second-order valence-electron chi connectivity index (χ2n) is 6.73. The average Bonchev–Trinajstić information content (AvgIpc) is 2.70. The van der Waals surface area contributed by atoms with Crippen LogP contribution in [0.3, 0.4) is 0 Å². The van der Waals surface area contributed by atoms with E-state index in [0.717, 1.165) is 5.75 Å². The fraction of sp³-hybridized carbons (Fsp3) is 0.250. The van der Waals surface area contributed by atoms with Gasteiger partial charge in [0.15, 0.2) is 0 Å². The first-order chi connectivity index (χ1) is 12.6. The molecule has 0 heterocycles. The number of benzene rings is 3. The quantitative estimate of drug-likeness (QED) is 0.517. The Morgan fingerprint density at radius 2 is 1.23 bits per heavy atom. The molecule has 0 aliphatic carbocycles. The fourth-order valence-electron chi connectivity index (χ4n) is 3.58. The van der Waals surface area contributed by atoms with Gasteiger partial charge in [-0.3, -0.25) is 0 Å². The van der Waals surface area contributed by atoms with Crippen LogP contribution in [0.1, 0.15) is 42.6 Å². The summed E-state index contributed by atoms with van der Waals surface area (Å²) < 4.78 is 5.40. The maximum Gasteiger partial charge on any atom is 0.119 e. The second-order valence-corrected chi connectivity index (χ2v) is 6.73. The highest BCUT2D eigenvalue weighted by Gasteiger charge is 2.24. The molecule has 3 aromatic carbocycles. The van der Waals surface area contributed by atoms with Crippen molar-refractivity contribution in [3.63, 3.8) is 0 Å². The molecule has 0 radical (unpaired) electrons. The van der Waals surface area contributed by atoms with Crippen molar-refractivity contribution in [2.75, 3.05) is 12.0 Å². The van der Waals surface area contributed by atoms with Crippen LogP contribution in [0.5, 0.6) is 5.75 Å². The highest BCUT2D eigenvalue weighted by Crippen LogP contribution is 2.38. The summed E-state index contributed by atoms with van der Waals surface area (Å²) in [7, 11) is 1.71. The molecule has 134 valence electrons. The monoisotopic (exact) mass is 345 g/mol. The van der Waals surface area contributed by atoms with Crippen molar-refractivity contribution in [3.8, 4) is 5.75 Å². The maximum atomic E-state index is 5.40. The van der Waals surface area contributed by atoms with Gasteiger partial charge in [-0.2, -0.15) is 0 Å². The highest BCUT2D eigenvalue weighted by molar-refractivity contribution is 5.58. The molecule has 2 unspecified atom stereocenters. The van der Waals surface area contributed by atoms with Crippen LogP contribution >= 0.6 is 0 Å². The largest absolute Gasteiger partial charge is 0.497 e. The van der Waals surface area contributed by atoms with Crippen LogP contribution in [-0.2, 0) is 0 Å². The Kier molecular flexibility index (Phi) is 5.62. The number of ether oxygens (including phenoxy) is 1. The Balaban J connectivity index is 2.07. The molecule has 0 N–H and O–H groups in total. The Hall–Kier alpha value is -2.74. The molecule has 26 heavy (non-hydrogen) atoms. The van der Waals surface area contributed by atoms with Gasteiger partial charge in [-0.1, -0.05) is 60.7 Å². The molecular weight excluding hydrogens is 318 g/mol. The smallest absolute Gasteiger partial charge is 0.119 e. The van der Waals surface area contributed by atoms with Crippen LogP contribution in [0.15, 0.2) is 78.9 Å². The molecule has 2 atom stereocenters. The van der Waals surface area contributed by atoms with Crippen molar-refractivity contribution in [1.29, 1.82) is 0 Å². The summed E-state index contributed by atoms with van der Waals surface area (Å²) in [6.45, 7) is 6.71. The van der Waals surface area contributed by atoms with Gasteiger partial charge >= 0.3 is 0 Å². The number of nitrogens with zero attached hydrogens (tertiary/aromatic N) is 1. The van der Waals surface area contributed by atoms with Crippen LogP contribution in [0.2, 0.25) is 0 Å². The minimum absolute atomic E-state index is 0.249. The molecule has 0 amide bonds. The zero-order chi connectivity index (χ0) is 18.5. The molecule has 3 aromatic rings. The van der Waals surface area contributed by atoms with Crippen molar-refractivity contribution < 1.29 is 4.74 Å². The van der Waals surface area contributed by atoms with E-state index in [0.29, 0.717) is 0 Å². The van der Waals surface area contributed by atoms with Crippen LogP contribution < -0.4 is 9.64 Å². The average molecular weight is 345 g/mol. The zero-order valence-electron chi connectivity index (χ0n) is 16.0. The Bertz CT molecular complexity index is 784. The summed E-state index contributed by atoms with van der Waals surface area (Å²) in [4.78, 5) is 2.50. The molecule has 0 fully saturated rings. The summed E-state index contributed by atoms with van der Waals surface area (Å²) in [5.74, 6) is 0.894. The van der Waals surface area contributed by atoms with Gasteiger partial charge in [0.1, 0.15) is 5.75 Å². The third-order valence-corrected chi connectivity index (χ3v) is 5.08. The van der Waals surface area contributed by atoms with E-state index in [2.05, 4.69) is 98.5 Å². The van der Waals surface area contributed by atoms with E-state index in [9.17, 15) is 0 Å². The van der Waals surface area contributed by atoms with Crippen molar-refractivity contribution in [2.24, 2.45) is 0 Å².